The molecule has 1 aliphatic heterocycles. The summed E-state index contributed by atoms with van der Waals surface area (Å²) in [7, 11) is 1.72. The number of ether oxygens (including phenoxy) is 1. The molecule has 2 heterocycles. The second kappa shape index (κ2) is 11.5. The van der Waals surface area contributed by atoms with Crippen molar-refractivity contribution in [1.29, 1.82) is 5.26 Å². The first-order valence-electron chi connectivity index (χ1n) is 13.3. The minimum atomic E-state index is -0.764. The van der Waals surface area contributed by atoms with E-state index in [1.54, 1.807) is 48.3 Å². The van der Waals surface area contributed by atoms with Gasteiger partial charge in [-0.15, -0.1) is 0 Å². The topological polar surface area (TPSA) is 107 Å². The number of anilines is 1. The summed E-state index contributed by atoms with van der Waals surface area (Å²) in [6.07, 6.45) is 0.709. The highest BCUT2D eigenvalue weighted by atomic mass is 16.5. The Balaban J connectivity index is 1.36. The van der Waals surface area contributed by atoms with Crippen molar-refractivity contribution in [2.75, 3.05) is 31.6 Å². The lowest BCUT2D eigenvalue weighted by atomic mass is 9.95. The maximum absolute atomic E-state index is 13.1. The Labute approximate surface area is 235 Å². The van der Waals surface area contributed by atoms with Crippen molar-refractivity contribution < 1.29 is 23.9 Å². The van der Waals surface area contributed by atoms with Gasteiger partial charge in [0.05, 0.1) is 23.7 Å². The lowest BCUT2D eigenvalue weighted by molar-refractivity contribution is -0.929. The van der Waals surface area contributed by atoms with E-state index in [2.05, 4.69) is 16.0 Å². The van der Waals surface area contributed by atoms with Gasteiger partial charge in [0, 0.05) is 38.1 Å². The fourth-order valence-corrected chi connectivity index (χ4v) is 5.55. The fourth-order valence-electron chi connectivity index (χ4n) is 5.55. The standard InChI is InChI=1S/C31H35N5O4/c1-22-20-35(15-16-36(22,30(38)39)31(2,3)4)21-23-9-12-26(13-10-23)34(5)29(37)25-11-14-28(33-19-25)40-27-8-6-7-24(17-27)18-32/h6-14,17,19,22H,15-16,20-21H2,1-5H3/p+1/t22-,36?/m0/s1. The Bertz CT molecular complexity index is 1410. The molecule has 208 valence electrons. The molecule has 1 saturated heterocycles. The summed E-state index contributed by atoms with van der Waals surface area (Å²) in [6, 6.07) is 19.9. The van der Waals surface area contributed by atoms with E-state index in [9.17, 15) is 14.7 Å². The zero-order chi connectivity index (χ0) is 29.1. The Morgan fingerprint density at radius 3 is 2.48 bits per heavy atom. The highest BCUT2D eigenvalue weighted by Gasteiger charge is 2.54. The number of amides is 2. The number of hydrogen-bond acceptors (Lipinski definition) is 6. The van der Waals surface area contributed by atoms with Crippen molar-refractivity contribution in [2.45, 2.75) is 45.8 Å². The number of hydrogen-bond donors (Lipinski definition) is 1. The molecule has 1 N–H and O–H groups in total. The quantitative estimate of drug-likeness (QED) is 0.409. The number of nitrogens with zero attached hydrogens (tertiary/aromatic N) is 5. The van der Waals surface area contributed by atoms with Crippen molar-refractivity contribution in [3.8, 4) is 17.7 Å². The number of piperazine rings is 1. The zero-order valence-electron chi connectivity index (χ0n) is 23.7. The third-order valence-electron chi connectivity index (χ3n) is 7.79. The van der Waals surface area contributed by atoms with Gasteiger partial charge in [-0.3, -0.25) is 9.69 Å². The number of pyridine rings is 1. The fraction of sp³-hybridized carbons (Fsp3) is 0.355. The smallest absolute Gasteiger partial charge is 0.439 e. The van der Waals surface area contributed by atoms with Gasteiger partial charge in [-0.2, -0.15) is 10.1 Å². The molecule has 1 aliphatic rings. The van der Waals surface area contributed by atoms with Crippen molar-refractivity contribution in [2.24, 2.45) is 0 Å². The molecule has 1 fully saturated rings. The third kappa shape index (κ3) is 5.83. The molecule has 1 unspecified atom stereocenters. The summed E-state index contributed by atoms with van der Waals surface area (Å²) in [5, 5.41) is 19.1. The maximum atomic E-state index is 13.1. The van der Waals surface area contributed by atoms with Crippen LogP contribution in [0.5, 0.6) is 11.6 Å². The second-order valence-corrected chi connectivity index (χ2v) is 11.3. The highest BCUT2D eigenvalue weighted by molar-refractivity contribution is 6.05. The number of benzene rings is 2. The first-order chi connectivity index (χ1) is 18.9. The van der Waals surface area contributed by atoms with Gasteiger partial charge in [0.2, 0.25) is 5.88 Å². The van der Waals surface area contributed by atoms with Gasteiger partial charge < -0.3 is 14.7 Å². The SMILES string of the molecule is C[C@H]1CN(Cc2ccc(N(C)C(=O)c3ccc(Oc4cccc(C#N)c4)nc3)cc2)CC[N+]1(C(=O)O)C(C)(C)C. The lowest BCUT2D eigenvalue weighted by Crippen LogP contribution is -2.73. The normalized spacial score (nSPS) is 19.4. The second-order valence-electron chi connectivity index (χ2n) is 11.3. The van der Waals surface area contributed by atoms with Crippen molar-refractivity contribution in [3.05, 3.63) is 83.6 Å². The molecule has 0 aliphatic carbocycles. The lowest BCUT2D eigenvalue weighted by Gasteiger charge is -2.52. The molecule has 40 heavy (non-hydrogen) atoms. The van der Waals surface area contributed by atoms with Crippen LogP contribution < -0.4 is 9.64 Å². The molecule has 9 heteroatoms. The monoisotopic (exact) mass is 542 g/mol. The highest BCUT2D eigenvalue weighted by Crippen LogP contribution is 2.33. The molecule has 9 nitrogen and oxygen atoms in total. The van der Waals surface area contributed by atoms with Gasteiger partial charge in [0.15, 0.2) is 0 Å². The van der Waals surface area contributed by atoms with Crippen molar-refractivity contribution in [3.63, 3.8) is 0 Å². The van der Waals surface area contributed by atoms with E-state index < -0.39 is 6.09 Å². The number of carboxylic acid groups (broad SMARTS) is 1. The number of quaternary nitrogens is 1. The number of carbonyl (C=O) groups excluding carboxylic acids is 1. The summed E-state index contributed by atoms with van der Waals surface area (Å²) in [4.78, 5) is 33.5. The average molecular weight is 543 g/mol. The number of rotatable bonds is 6. The number of carbonyl (C=O) groups is 2. The molecule has 3 aromatic rings. The molecule has 4 rings (SSSR count). The molecule has 0 bridgehead atoms. The van der Waals surface area contributed by atoms with E-state index in [0.717, 1.165) is 11.3 Å². The van der Waals surface area contributed by atoms with Crippen LogP contribution in [0.15, 0.2) is 66.9 Å². The molecule has 0 spiro atoms. The van der Waals surface area contributed by atoms with Crippen LogP contribution >= 0.6 is 0 Å². The van der Waals surface area contributed by atoms with E-state index in [1.165, 1.54) is 6.20 Å². The molecule has 2 aromatic carbocycles. The Morgan fingerprint density at radius 1 is 1.18 bits per heavy atom. The summed E-state index contributed by atoms with van der Waals surface area (Å²) in [5.74, 6) is 0.622. The van der Waals surface area contributed by atoms with E-state index in [1.807, 2.05) is 52.0 Å². The van der Waals surface area contributed by atoms with Crippen LogP contribution in [0.25, 0.3) is 0 Å². The van der Waals surface area contributed by atoms with Gasteiger partial charge >= 0.3 is 6.09 Å². The van der Waals surface area contributed by atoms with E-state index in [4.69, 9.17) is 10.00 Å². The van der Waals surface area contributed by atoms with Crippen LogP contribution in [0.1, 0.15) is 49.2 Å². The summed E-state index contributed by atoms with van der Waals surface area (Å²) in [5.41, 5.74) is 2.38. The first kappa shape index (κ1) is 28.7. The summed E-state index contributed by atoms with van der Waals surface area (Å²) in [6.45, 7) is 10.7. The van der Waals surface area contributed by atoms with Gasteiger partial charge in [-0.05, 0) is 69.7 Å². The molecular formula is C31H36N5O4+. The van der Waals surface area contributed by atoms with Gasteiger partial charge in [-0.25, -0.2) is 9.47 Å². The Kier molecular flexibility index (Phi) is 8.24. The van der Waals surface area contributed by atoms with Gasteiger partial charge in [-0.1, -0.05) is 18.2 Å². The Morgan fingerprint density at radius 2 is 1.90 bits per heavy atom. The largest absolute Gasteiger partial charge is 0.514 e. The molecule has 2 amide bonds. The number of aromatic nitrogens is 1. The molecule has 0 radical (unpaired) electrons. The van der Waals surface area contributed by atoms with Gasteiger partial charge in [0.1, 0.15) is 23.9 Å². The predicted octanol–water partition coefficient (Wildman–Crippen LogP) is 5.52. The molecular weight excluding hydrogens is 506 g/mol. The third-order valence-corrected chi connectivity index (χ3v) is 7.79. The van der Waals surface area contributed by atoms with Crippen LogP contribution in [0.4, 0.5) is 10.5 Å². The minimum Gasteiger partial charge on any atom is -0.439 e. The first-order valence-corrected chi connectivity index (χ1v) is 13.3. The minimum absolute atomic E-state index is 0.0395. The maximum Gasteiger partial charge on any atom is 0.514 e. The van der Waals surface area contributed by atoms with Crippen LogP contribution in [-0.4, -0.2) is 69.7 Å². The zero-order valence-corrected chi connectivity index (χ0v) is 23.7. The van der Waals surface area contributed by atoms with E-state index in [-0.39, 0.29) is 22.0 Å². The molecule has 1 aromatic heterocycles. The Hall–Kier alpha value is -4.26. The van der Waals surface area contributed by atoms with Crippen molar-refractivity contribution >= 4 is 17.7 Å². The molecule has 0 saturated carbocycles. The summed E-state index contributed by atoms with van der Waals surface area (Å²) < 4.78 is 5.76. The van der Waals surface area contributed by atoms with E-state index in [0.29, 0.717) is 48.9 Å². The molecule has 2 atom stereocenters. The number of nitriles is 1. The van der Waals surface area contributed by atoms with Crippen LogP contribution in [0.2, 0.25) is 0 Å². The van der Waals surface area contributed by atoms with Crippen molar-refractivity contribution in [1.82, 2.24) is 9.88 Å². The van der Waals surface area contributed by atoms with Crippen LogP contribution in [0, 0.1) is 11.3 Å². The summed E-state index contributed by atoms with van der Waals surface area (Å²) >= 11 is 0. The van der Waals surface area contributed by atoms with Gasteiger partial charge in [0.25, 0.3) is 5.91 Å². The van der Waals surface area contributed by atoms with Crippen LogP contribution in [0.3, 0.4) is 0 Å². The van der Waals surface area contributed by atoms with Crippen LogP contribution in [-0.2, 0) is 6.54 Å². The predicted molar refractivity (Wildman–Crippen MR) is 152 cm³/mol. The van der Waals surface area contributed by atoms with E-state index >= 15 is 0 Å². The average Bonchev–Trinajstić information content (AvgIpc) is 2.92.